The van der Waals surface area contributed by atoms with Gasteiger partial charge in [-0.2, -0.15) is 0 Å². The zero-order valence-corrected chi connectivity index (χ0v) is 20.2. The molecule has 4 rings (SSSR count). The number of carbonyl (C=O) groups is 1. The Hall–Kier alpha value is -2.68. The van der Waals surface area contributed by atoms with Crippen LogP contribution >= 0.6 is 0 Å². The summed E-state index contributed by atoms with van der Waals surface area (Å²) in [4.78, 5) is 12.6. The van der Waals surface area contributed by atoms with Gasteiger partial charge in [-0.25, -0.2) is 9.18 Å². The van der Waals surface area contributed by atoms with Crippen molar-refractivity contribution in [3.05, 3.63) is 90.3 Å². The summed E-state index contributed by atoms with van der Waals surface area (Å²) in [6.07, 6.45) is 15.7. The van der Waals surface area contributed by atoms with Crippen molar-refractivity contribution in [2.75, 3.05) is 0 Å². The summed E-state index contributed by atoms with van der Waals surface area (Å²) < 4.78 is 19.7. The zero-order chi connectivity index (χ0) is 23.9. The summed E-state index contributed by atoms with van der Waals surface area (Å²) in [6, 6.07) is 12.5. The predicted octanol–water partition coefficient (Wildman–Crippen LogP) is 8.43. The third kappa shape index (κ3) is 6.05. The standard InChI is InChI=1S/C31H37FO2/c1-3-5-7-22-9-11-28-21-27(17-16-26(28)19-22)24-12-14-25(15-13-24)31(33)34-30-18-10-23(8-6-4-2)20-29(30)32/h3-4,10,12-15,18,20,22,26-28H,1-2,5-9,11,16-17,19,21H2. The Bertz CT molecular complexity index is 993. The van der Waals surface area contributed by atoms with Gasteiger partial charge in [-0.05, 0) is 117 Å². The highest BCUT2D eigenvalue weighted by Gasteiger charge is 2.35. The average molecular weight is 461 g/mol. The average Bonchev–Trinajstić information content (AvgIpc) is 2.87. The van der Waals surface area contributed by atoms with Crippen LogP contribution in [0.5, 0.6) is 5.75 Å². The van der Waals surface area contributed by atoms with Gasteiger partial charge in [-0.15, -0.1) is 13.2 Å². The second-order valence-electron chi connectivity index (χ2n) is 10.2. The molecule has 0 heterocycles. The Labute approximate surface area is 203 Å². The molecule has 0 saturated heterocycles. The summed E-state index contributed by atoms with van der Waals surface area (Å²) >= 11 is 0. The molecule has 0 N–H and O–H groups in total. The maximum atomic E-state index is 14.4. The summed E-state index contributed by atoms with van der Waals surface area (Å²) in [6.45, 7) is 7.56. The minimum Gasteiger partial charge on any atom is -0.420 e. The van der Waals surface area contributed by atoms with Crippen LogP contribution in [-0.4, -0.2) is 5.97 Å². The third-order valence-corrected chi connectivity index (χ3v) is 7.95. The molecule has 180 valence electrons. The van der Waals surface area contributed by atoms with Gasteiger partial charge in [0.1, 0.15) is 0 Å². The van der Waals surface area contributed by atoms with Crippen LogP contribution in [0.25, 0.3) is 0 Å². The summed E-state index contributed by atoms with van der Waals surface area (Å²) in [7, 11) is 0. The van der Waals surface area contributed by atoms with Crippen molar-refractivity contribution in [2.24, 2.45) is 17.8 Å². The SMILES string of the molecule is C=CCCc1ccc(OC(=O)c2ccc(C3CCC4CC(CCC=C)CCC4C3)cc2)c(F)c1. The van der Waals surface area contributed by atoms with Crippen LogP contribution < -0.4 is 4.74 Å². The molecule has 0 bridgehead atoms. The molecule has 2 aromatic carbocycles. The number of ether oxygens (including phenoxy) is 1. The topological polar surface area (TPSA) is 26.3 Å². The van der Waals surface area contributed by atoms with Gasteiger partial charge < -0.3 is 4.74 Å². The summed E-state index contributed by atoms with van der Waals surface area (Å²) in [5.74, 6) is 2.10. The first-order valence-corrected chi connectivity index (χ1v) is 12.9. The van der Waals surface area contributed by atoms with Gasteiger partial charge in [-0.3, -0.25) is 0 Å². The van der Waals surface area contributed by atoms with E-state index in [2.05, 4.69) is 31.4 Å². The van der Waals surface area contributed by atoms with Crippen molar-refractivity contribution in [1.82, 2.24) is 0 Å². The van der Waals surface area contributed by atoms with Gasteiger partial charge >= 0.3 is 5.97 Å². The molecule has 0 spiro atoms. The van der Waals surface area contributed by atoms with E-state index in [4.69, 9.17) is 4.74 Å². The van der Waals surface area contributed by atoms with Crippen LogP contribution in [0.3, 0.4) is 0 Å². The number of fused-ring (bicyclic) bond motifs is 1. The molecule has 2 aromatic rings. The van der Waals surface area contributed by atoms with E-state index in [0.717, 1.165) is 42.6 Å². The van der Waals surface area contributed by atoms with Crippen LogP contribution in [0.2, 0.25) is 0 Å². The third-order valence-electron chi connectivity index (χ3n) is 7.95. The molecule has 2 fully saturated rings. The number of carbonyl (C=O) groups excluding carboxylic acids is 1. The van der Waals surface area contributed by atoms with Gasteiger partial charge in [0.15, 0.2) is 11.6 Å². The highest BCUT2D eigenvalue weighted by atomic mass is 19.1. The Morgan fingerprint density at radius 3 is 2.41 bits per heavy atom. The Balaban J connectivity index is 1.32. The van der Waals surface area contributed by atoms with E-state index >= 15 is 0 Å². The Morgan fingerprint density at radius 2 is 1.68 bits per heavy atom. The number of halogens is 1. The van der Waals surface area contributed by atoms with Crippen molar-refractivity contribution < 1.29 is 13.9 Å². The van der Waals surface area contributed by atoms with Gasteiger partial charge in [-0.1, -0.05) is 36.8 Å². The van der Waals surface area contributed by atoms with Crippen molar-refractivity contribution in [3.63, 3.8) is 0 Å². The fourth-order valence-electron chi connectivity index (χ4n) is 6.01. The van der Waals surface area contributed by atoms with E-state index in [1.807, 2.05) is 12.1 Å². The van der Waals surface area contributed by atoms with Crippen molar-refractivity contribution in [3.8, 4) is 5.75 Å². The van der Waals surface area contributed by atoms with Gasteiger partial charge in [0.25, 0.3) is 0 Å². The zero-order valence-electron chi connectivity index (χ0n) is 20.2. The van der Waals surface area contributed by atoms with E-state index in [-0.39, 0.29) is 5.75 Å². The maximum Gasteiger partial charge on any atom is 0.343 e. The van der Waals surface area contributed by atoms with Crippen LogP contribution in [0.15, 0.2) is 67.8 Å². The van der Waals surface area contributed by atoms with Crippen LogP contribution in [-0.2, 0) is 6.42 Å². The molecular weight excluding hydrogens is 423 g/mol. The molecule has 2 aliphatic rings. The molecule has 3 heteroatoms. The number of hydrogen-bond acceptors (Lipinski definition) is 2. The van der Waals surface area contributed by atoms with Gasteiger partial charge in [0, 0.05) is 0 Å². The lowest BCUT2D eigenvalue weighted by Crippen LogP contribution is -2.30. The van der Waals surface area contributed by atoms with E-state index in [1.165, 1.54) is 62.6 Å². The first kappa shape index (κ1) is 24.4. The molecule has 0 amide bonds. The lowest BCUT2D eigenvalue weighted by Gasteiger charge is -2.42. The number of aryl methyl sites for hydroxylation is 1. The molecule has 2 nitrogen and oxygen atoms in total. The van der Waals surface area contributed by atoms with Crippen LogP contribution in [0.4, 0.5) is 4.39 Å². The molecule has 2 saturated carbocycles. The number of rotatable bonds is 9. The first-order valence-electron chi connectivity index (χ1n) is 12.9. The quantitative estimate of drug-likeness (QED) is 0.213. The molecule has 34 heavy (non-hydrogen) atoms. The van der Waals surface area contributed by atoms with Gasteiger partial charge in [0.05, 0.1) is 5.56 Å². The molecule has 4 atom stereocenters. The minimum absolute atomic E-state index is 0.0292. The number of benzene rings is 2. The van der Waals surface area contributed by atoms with Crippen molar-refractivity contribution >= 4 is 5.97 Å². The number of allylic oxidation sites excluding steroid dienone is 2. The van der Waals surface area contributed by atoms with E-state index < -0.39 is 11.8 Å². The first-order chi connectivity index (χ1) is 16.6. The highest BCUT2D eigenvalue weighted by Crippen LogP contribution is 2.48. The lowest BCUT2D eigenvalue weighted by molar-refractivity contribution is 0.0727. The number of esters is 1. The molecule has 0 radical (unpaired) electrons. The molecule has 4 unspecified atom stereocenters. The van der Waals surface area contributed by atoms with E-state index in [0.29, 0.717) is 11.5 Å². The predicted molar refractivity (Wildman–Crippen MR) is 137 cm³/mol. The second kappa shape index (κ2) is 11.6. The van der Waals surface area contributed by atoms with Crippen LogP contribution in [0.1, 0.15) is 85.2 Å². The Kier molecular flexibility index (Phi) is 8.37. The fraction of sp³-hybridized carbons (Fsp3) is 0.452. The summed E-state index contributed by atoms with van der Waals surface area (Å²) in [5.41, 5.74) is 2.62. The van der Waals surface area contributed by atoms with Crippen LogP contribution in [0, 0.1) is 23.6 Å². The van der Waals surface area contributed by atoms with E-state index in [1.54, 1.807) is 12.1 Å². The summed E-state index contributed by atoms with van der Waals surface area (Å²) in [5, 5.41) is 0. The number of hydrogen-bond donors (Lipinski definition) is 0. The fourth-order valence-corrected chi connectivity index (χ4v) is 6.01. The highest BCUT2D eigenvalue weighted by molar-refractivity contribution is 5.91. The molecular formula is C31H37FO2. The smallest absolute Gasteiger partial charge is 0.343 e. The Morgan fingerprint density at radius 1 is 0.941 bits per heavy atom. The second-order valence-corrected chi connectivity index (χ2v) is 10.2. The molecule has 0 aromatic heterocycles. The largest absolute Gasteiger partial charge is 0.420 e. The lowest BCUT2D eigenvalue weighted by atomic mass is 9.63. The minimum atomic E-state index is -0.522. The van der Waals surface area contributed by atoms with Crippen molar-refractivity contribution in [2.45, 2.75) is 70.1 Å². The van der Waals surface area contributed by atoms with Crippen molar-refractivity contribution in [1.29, 1.82) is 0 Å². The van der Waals surface area contributed by atoms with E-state index in [9.17, 15) is 9.18 Å². The molecule has 0 aliphatic heterocycles. The molecule has 2 aliphatic carbocycles. The van der Waals surface area contributed by atoms with Gasteiger partial charge in [0.2, 0.25) is 0 Å². The normalized spacial score (nSPS) is 24.1. The monoisotopic (exact) mass is 460 g/mol. The maximum absolute atomic E-state index is 14.4.